The standard InChI is InChI=1S/C11H6IN3O2/c12-10-6-8(15(16)17)3-4-11(10)14-5-1-2-9(14)7-13/h1-6H. The Hall–Kier alpha value is -1.88. The lowest BCUT2D eigenvalue weighted by Gasteiger charge is -2.06. The van der Waals surface area contributed by atoms with Crippen LogP contribution < -0.4 is 0 Å². The van der Waals surface area contributed by atoms with Gasteiger partial charge in [-0.25, -0.2) is 0 Å². The number of halogens is 1. The number of aromatic nitrogens is 1. The molecule has 0 radical (unpaired) electrons. The molecule has 0 aliphatic heterocycles. The molecule has 1 heterocycles. The van der Waals surface area contributed by atoms with Gasteiger partial charge in [-0.15, -0.1) is 0 Å². The van der Waals surface area contributed by atoms with E-state index in [0.717, 1.165) is 9.26 Å². The molecule has 2 aromatic rings. The number of hydrogen-bond donors (Lipinski definition) is 0. The van der Waals surface area contributed by atoms with E-state index in [1.165, 1.54) is 12.1 Å². The number of nitro groups is 1. The summed E-state index contributed by atoms with van der Waals surface area (Å²) in [5.41, 5.74) is 1.30. The number of nitrogens with zero attached hydrogens (tertiary/aromatic N) is 3. The number of nitro benzene ring substituents is 1. The number of nitriles is 1. The molecule has 0 spiro atoms. The average molecular weight is 339 g/mol. The van der Waals surface area contributed by atoms with E-state index >= 15 is 0 Å². The van der Waals surface area contributed by atoms with E-state index in [9.17, 15) is 10.1 Å². The van der Waals surface area contributed by atoms with E-state index in [1.54, 1.807) is 29.0 Å². The van der Waals surface area contributed by atoms with E-state index in [2.05, 4.69) is 6.07 Å². The third-order valence-corrected chi connectivity index (χ3v) is 3.13. The molecule has 0 aliphatic carbocycles. The molecule has 84 valence electrons. The first kappa shape index (κ1) is 11.6. The second kappa shape index (κ2) is 4.55. The molecule has 2 rings (SSSR count). The zero-order chi connectivity index (χ0) is 12.4. The molecule has 1 aromatic carbocycles. The summed E-state index contributed by atoms with van der Waals surface area (Å²) in [5, 5.41) is 19.5. The molecular formula is C11H6IN3O2. The molecule has 0 fully saturated rings. The monoisotopic (exact) mass is 339 g/mol. The Labute approximate surface area is 111 Å². The highest BCUT2D eigenvalue weighted by Gasteiger charge is 2.11. The summed E-state index contributed by atoms with van der Waals surface area (Å²) in [6, 6.07) is 10.1. The molecule has 0 bridgehead atoms. The Morgan fingerprint density at radius 3 is 2.76 bits per heavy atom. The molecule has 0 saturated heterocycles. The molecule has 0 saturated carbocycles. The molecule has 0 N–H and O–H groups in total. The van der Waals surface area contributed by atoms with E-state index in [1.807, 2.05) is 22.6 Å². The predicted octanol–water partition coefficient (Wildman–Crippen LogP) is 2.86. The molecule has 5 nitrogen and oxygen atoms in total. The first-order valence-electron chi connectivity index (χ1n) is 4.65. The van der Waals surface area contributed by atoms with Crippen LogP contribution in [0.15, 0.2) is 36.5 Å². The van der Waals surface area contributed by atoms with Crippen LogP contribution >= 0.6 is 22.6 Å². The number of hydrogen-bond acceptors (Lipinski definition) is 3. The average Bonchev–Trinajstić information content (AvgIpc) is 2.76. The Morgan fingerprint density at radius 1 is 1.41 bits per heavy atom. The third-order valence-electron chi connectivity index (χ3n) is 2.26. The smallest absolute Gasteiger partial charge is 0.270 e. The van der Waals surface area contributed by atoms with Crippen LogP contribution in [0.4, 0.5) is 5.69 Å². The molecule has 0 unspecified atom stereocenters. The van der Waals surface area contributed by atoms with Gasteiger partial charge in [0.2, 0.25) is 0 Å². The Balaban J connectivity index is 2.55. The van der Waals surface area contributed by atoms with Crippen molar-refractivity contribution in [1.82, 2.24) is 4.57 Å². The van der Waals surface area contributed by atoms with Crippen molar-refractivity contribution >= 4 is 28.3 Å². The summed E-state index contributed by atoms with van der Waals surface area (Å²) in [4.78, 5) is 10.2. The van der Waals surface area contributed by atoms with Crippen molar-refractivity contribution in [1.29, 1.82) is 5.26 Å². The van der Waals surface area contributed by atoms with Crippen LogP contribution in [-0.4, -0.2) is 9.49 Å². The lowest BCUT2D eigenvalue weighted by atomic mass is 10.3. The summed E-state index contributed by atoms with van der Waals surface area (Å²) < 4.78 is 2.43. The van der Waals surface area contributed by atoms with Crippen LogP contribution in [0, 0.1) is 25.0 Å². The van der Waals surface area contributed by atoms with Crippen molar-refractivity contribution in [3.63, 3.8) is 0 Å². The van der Waals surface area contributed by atoms with E-state index < -0.39 is 4.92 Å². The van der Waals surface area contributed by atoms with Crippen LogP contribution in [0.25, 0.3) is 5.69 Å². The second-order valence-corrected chi connectivity index (χ2v) is 4.43. The van der Waals surface area contributed by atoms with Crippen molar-refractivity contribution in [2.24, 2.45) is 0 Å². The van der Waals surface area contributed by atoms with Crippen molar-refractivity contribution < 1.29 is 4.92 Å². The summed E-state index contributed by atoms with van der Waals surface area (Å²) >= 11 is 2.02. The van der Waals surface area contributed by atoms with Crippen LogP contribution in [0.3, 0.4) is 0 Å². The van der Waals surface area contributed by atoms with Gasteiger partial charge >= 0.3 is 0 Å². The minimum Gasteiger partial charge on any atom is -0.307 e. The van der Waals surface area contributed by atoms with Crippen molar-refractivity contribution in [3.8, 4) is 11.8 Å². The minimum absolute atomic E-state index is 0.0452. The Kier molecular flexibility index (Phi) is 3.10. The van der Waals surface area contributed by atoms with E-state index in [0.29, 0.717) is 5.69 Å². The first-order valence-corrected chi connectivity index (χ1v) is 5.73. The quantitative estimate of drug-likeness (QED) is 0.480. The van der Waals surface area contributed by atoms with Gasteiger partial charge in [0, 0.05) is 21.9 Å². The molecule has 0 amide bonds. The Morgan fingerprint density at radius 2 is 2.18 bits per heavy atom. The largest absolute Gasteiger partial charge is 0.307 e. The van der Waals surface area contributed by atoms with Gasteiger partial charge in [0.25, 0.3) is 5.69 Å². The molecule has 17 heavy (non-hydrogen) atoms. The van der Waals surface area contributed by atoms with Gasteiger partial charge in [0.05, 0.1) is 10.6 Å². The summed E-state index contributed by atoms with van der Waals surface area (Å²) in [6.07, 6.45) is 1.75. The normalized spacial score (nSPS) is 9.88. The lowest BCUT2D eigenvalue weighted by Crippen LogP contribution is -1.99. The van der Waals surface area contributed by atoms with Gasteiger partial charge in [-0.2, -0.15) is 5.26 Å². The zero-order valence-electron chi connectivity index (χ0n) is 8.50. The molecule has 1 aromatic heterocycles. The summed E-state index contributed by atoms with van der Waals surface area (Å²) in [7, 11) is 0. The van der Waals surface area contributed by atoms with Crippen molar-refractivity contribution in [3.05, 3.63) is 55.9 Å². The fourth-order valence-electron chi connectivity index (χ4n) is 1.49. The van der Waals surface area contributed by atoms with Gasteiger partial charge in [0.1, 0.15) is 11.8 Å². The Bertz CT molecular complexity index is 628. The van der Waals surface area contributed by atoms with Crippen molar-refractivity contribution in [2.75, 3.05) is 0 Å². The van der Waals surface area contributed by atoms with Crippen LogP contribution in [0.2, 0.25) is 0 Å². The maximum atomic E-state index is 10.6. The number of non-ortho nitro benzene ring substituents is 1. The van der Waals surface area contributed by atoms with Gasteiger partial charge < -0.3 is 4.57 Å². The number of rotatable bonds is 2. The van der Waals surface area contributed by atoms with Gasteiger partial charge in [-0.1, -0.05) is 0 Å². The summed E-state index contributed by atoms with van der Waals surface area (Å²) in [6.45, 7) is 0. The molecule has 0 atom stereocenters. The second-order valence-electron chi connectivity index (χ2n) is 3.27. The van der Waals surface area contributed by atoms with E-state index in [-0.39, 0.29) is 5.69 Å². The molecular weight excluding hydrogens is 333 g/mol. The molecule has 6 heteroatoms. The first-order chi connectivity index (χ1) is 8.13. The highest BCUT2D eigenvalue weighted by molar-refractivity contribution is 14.1. The van der Waals surface area contributed by atoms with Crippen LogP contribution in [0.1, 0.15) is 5.69 Å². The maximum absolute atomic E-state index is 10.6. The zero-order valence-corrected chi connectivity index (χ0v) is 10.7. The predicted molar refractivity (Wildman–Crippen MR) is 69.9 cm³/mol. The third kappa shape index (κ3) is 2.14. The van der Waals surface area contributed by atoms with Gasteiger partial charge in [0.15, 0.2) is 0 Å². The topological polar surface area (TPSA) is 71.9 Å². The van der Waals surface area contributed by atoms with Crippen molar-refractivity contribution in [2.45, 2.75) is 0 Å². The van der Waals surface area contributed by atoms with Crippen LogP contribution in [-0.2, 0) is 0 Å². The fraction of sp³-hybridized carbons (Fsp3) is 0. The highest BCUT2D eigenvalue weighted by Crippen LogP contribution is 2.23. The number of benzene rings is 1. The van der Waals surface area contributed by atoms with Gasteiger partial charge in [-0.05, 0) is 40.8 Å². The van der Waals surface area contributed by atoms with Gasteiger partial charge in [-0.3, -0.25) is 10.1 Å². The highest BCUT2D eigenvalue weighted by atomic mass is 127. The van der Waals surface area contributed by atoms with Crippen LogP contribution in [0.5, 0.6) is 0 Å². The lowest BCUT2D eigenvalue weighted by molar-refractivity contribution is -0.384. The van der Waals surface area contributed by atoms with E-state index in [4.69, 9.17) is 5.26 Å². The summed E-state index contributed by atoms with van der Waals surface area (Å²) in [5.74, 6) is 0. The molecule has 0 aliphatic rings. The SMILES string of the molecule is N#Cc1cccn1-c1ccc([N+](=O)[O-])cc1I. The fourth-order valence-corrected chi connectivity index (χ4v) is 2.25. The maximum Gasteiger partial charge on any atom is 0.270 e. The minimum atomic E-state index is -0.438.